The SMILES string of the molecule is NC(=O)Cc1ccc(NC(=O)/C=C/c2ccc(-c3ccccc3)s2)cc1. The van der Waals surface area contributed by atoms with Crippen molar-refractivity contribution in [2.24, 2.45) is 5.73 Å². The van der Waals surface area contributed by atoms with E-state index in [-0.39, 0.29) is 18.2 Å². The third-order valence-electron chi connectivity index (χ3n) is 3.68. The number of benzene rings is 2. The number of primary amides is 1. The number of rotatable bonds is 6. The Hall–Kier alpha value is -3.18. The quantitative estimate of drug-likeness (QED) is 0.648. The number of amides is 2. The maximum atomic E-state index is 12.1. The van der Waals surface area contributed by atoms with Gasteiger partial charge in [0.25, 0.3) is 0 Å². The first-order valence-electron chi connectivity index (χ1n) is 8.12. The molecule has 0 spiro atoms. The van der Waals surface area contributed by atoms with Crippen molar-refractivity contribution in [3.63, 3.8) is 0 Å². The summed E-state index contributed by atoms with van der Waals surface area (Å²) in [5, 5.41) is 2.79. The van der Waals surface area contributed by atoms with Crippen LogP contribution < -0.4 is 11.1 Å². The Balaban J connectivity index is 1.59. The number of carbonyl (C=O) groups excluding carboxylic acids is 2. The van der Waals surface area contributed by atoms with E-state index < -0.39 is 0 Å². The summed E-state index contributed by atoms with van der Waals surface area (Å²) < 4.78 is 0. The lowest BCUT2D eigenvalue weighted by molar-refractivity contribution is -0.117. The molecule has 0 unspecified atom stereocenters. The van der Waals surface area contributed by atoms with Gasteiger partial charge in [0.1, 0.15) is 0 Å². The fourth-order valence-corrected chi connectivity index (χ4v) is 3.36. The highest BCUT2D eigenvalue weighted by Gasteiger charge is 2.03. The summed E-state index contributed by atoms with van der Waals surface area (Å²) in [4.78, 5) is 25.1. The minimum absolute atomic E-state index is 0.191. The molecular formula is C21H18N2O2S. The first-order valence-corrected chi connectivity index (χ1v) is 8.93. The van der Waals surface area contributed by atoms with Crippen LogP contribution in [-0.4, -0.2) is 11.8 Å². The third kappa shape index (κ3) is 4.91. The molecule has 3 aromatic rings. The van der Waals surface area contributed by atoms with Crippen molar-refractivity contribution in [3.8, 4) is 10.4 Å². The van der Waals surface area contributed by atoms with E-state index in [1.807, 2.05) is 24.3 Å². The van der Waals surface area contributed by atoms with Crippen molar-refractivity contribution in [3.05, 3.63) is 83.2 Å². The lowest BCUT2D eigenvalue weighted by Crippen LogP contribution is -2.13. The van der Waals surface area contributed by atoms with Gasteiger partial charge in [-0.3, -0.25) is 9.59 Å². The van der Waals surface area contributed by atoms with Crippen molar-refractivity contribution >= 4 is 34.9 Å². The second kappa shape index (κ2) is 8.27. The average molecular weight is 362 g/mol. The fourth-order valence-electron chi connectivity index (χ4n) is 2.45. The van der Waals surface area contributed by atoms with Crippen LogP contribution in [0.5, 0.6) is 0 Å². The smallest absolute Gasteiger partial charge is 0.248 e. The van der Waals surface area contributed by atoms with Crippen LogP contribution in [0.2, 0.25) is 0 Å². The minimum Gasteiger partial charge on any atom is -0.369 e. The highest BCUT2D eigenvalue weighted by molar-refractivity contribution is 7.16. The van der Waals surface area contributed by atoms with Crippen LogP contribution in [0.15, 0.2) is 72.8 Å². The summed E-state index contributed by atoms with van der Waals surface area (Å²) in [6.45, 7) is 0. The van der Waals surface area contributed by atoms with Gasteiger partial charge in [0.15, 0.2) is 0 Å². The molecule has 0 radical (unpaired) electrons. The maximum absolute atomic E-state index is 12.1. The van der Waals surface area contributed by atoms with Gasteiger partial charge in [-0.15, -0.1) is 11.3 Å². The standard InChI is InChI=1S/C21H18N2O2S/c22-20(24)14-15-6-8-17(9-7-15)23-21(25)13-11-18-10-12-19(26-18)16-4-2-1-3-5-16/h1-13H,14H2,(H2,22,24)(H,23,25)/b13-11+. The Labute approximate surface area is 156 Å². The minimum atomic E-state index is -0.379. The van der Waals surface area contributed by atoms with E-state index in [9.17, 15) is 9.59 Å². The van der Waals surface area contributed by atoms with Gasteiger partial charge in [0.05, 0.1) is 6.42 Å². The Kier molecular flexibility index (Phi) is 5.61. The molecule has 0 aliphatic rings. The Morgan fingerprint density at radius 3 is 2.38 bits per heavy atom. The van der Waals surface area contributed by atoms with Gasteiger partial charge in [-0.2, -0.15) is 0 Å². The zero-order chi connectivity index (χ0) is 18.4. The Morgan fingerprint density at radius 1 is 0.962 bits per heavy atom. The zero-order valence-electron chi connectivity index (χ0n) is 14.0. The molecule has 1 heterocycles. The van der Waals surface area contributed by atoms with E-state index in [1.54, 1.807) is 41.7 Å². The predicted octanol–water partition coefficient (Wildman–Crippen LogP) is 4.09. The lowest BCUT2D eigenvalue weighted by atomic mass is 10.1. The lowest BCUT2D eigenvalue weighted by Gasteiger charge is -2.03. The number of thiophene rings is 1. The number of nitrogens with one attached hydrogen (secondary N) is 1. The Bertz CT molecular complexity index is 928. The molecule has 130 valence electrons. The largest absolute Gasteiger partial charge is 0.369 e. The summed E-state index contributed by atoms with van der Waals surface area (Å²) in [6, 6.07) is 21.2. The van der Waals surface area contributed by atoms with Crippen LogP contribution in [0.1, 0.15) is 10.4 Å². The third-order valence-corrected chi connectivity index (χ3v) is 4.78. The number of hydrogen-bond donors (Lipinski definition) is 2. The Morgan fingerprint density at radius 2 is 1.69 bits per heavy atom. The van der Waals surface area contributed by atoms with E-state index in [0.717, 1.165) is 20.9 Å². The van der Waals surface area contributed by atoms with Gasteiger partial charge >= 0.3 is 0 Å². The van der Waals surface area contributed by atoms with E-state index in [1.165, 1.54) is 6.08 Å². The molecule has 0 aliphatic carbocycles. The van der Waals surface area contributed by atoms with Crippen molar-refractivity contribution in [2.75, 3.05) is 5.32 Å². The second-order valence-electron chi connectivity index (χ2n) is 5.73. The van der Waals surface area contributed by atoms with Gasteiger partial charge in [-0.25, -0.2) is 0 Å². The van der Waals surface area contributed by atoms with E-state index >= 15 is 0 Å². The van der Waals surface area contributed by atoms with Gasteiger partial charge in [-0.1, -0.05) is 42.5 Å². The van der Waals surface area contributed by atoms with Crippen LogP contribution in [0, 0.1) is 0 Å². The van der Waals surface area contributed by atoms with Crippen molar-refractivity contribution < 1.29 is 9.59 Å². The topological polar surface area (TPSA) is 72.2 Å². The van der Waals surface area contributed by atoms with Crippen molar-refractivity contribution in [2.45, 2.75) is 6.42 Å². The van der Waals surface area contributed by atoms with Crippen molar-refractivity contribution in [1.82, 2.24) is 0 Å². The van der Waals surface area contributed by atoms with Crippen LogP contribution in [0.25, 0.3) is 16.5 Å². The highest BCUT2D eigenvalue weighted by atomic mass is 32.1. The molecule has 0 bridgehead atoms. The molecule has 3 rings (SSSR count). The summed E-state index contributed by atoms with van der Waals surface area (Å²) >= 11 is 1.63. The summed E-state index contributed by atoms with van der Waals surface area (Å²) in [5.41, 5.74) is 7.81. The number of carbonyl (C=O) groups is 2. The first kappa shape index (κ1) is 17.6. The molecular weight excluding hydrogens is 344 g/mol. The zero-order valence-corrected chi connectivity index (χ0v) is 14.8. The molecule has 0 saturated carbocycles. The number of anilines is 1. The normalized spacial score (nSPS) is 10.8. The van der Waals surface area contributed by atoms with Crippen LogP contribution in [-0.2, 0) is 16.0 Å². The number of hydrogen-bond acceptors (Lipinski definition) is 3. The molecule has 0 aliphatic heterocycles. The monoisotopic (exact) mass is 362 g/mol. The van der Waals surface area contributed by atoms with E-state index in [4.69, 9.17) is 5.73 Å². The fraction of sp³-hybridized carbons (Fsp3) is 0.0476. The molecule has 2 aromatic carbocycles. The van der Waals surface area contributed by atoms with Gasteiger partial charge in [0.2, 0.25) is 11.8 Å². The molecule has 1 aromatic heterocycles. The molecule has 5 heteroatoms. The molecule has 26 heavy (non-hydrogen) atoms. The van der Waals surface area contributed by atoms with Crippen LogP contribution in [0.3, 0.4) is 0 Å². The van der Waals surface area contributed by atoms with Gasteiger partial charge < -0.3 is 11.1 Å². The highest BCUT2D eigenvalue weighted by Crippen LogP contribution is 2.28. The molecule has 0 saturated heterocycles. The number of nitrogens with two attached hydrogens (primary N) is 1. The molecule has 0 atom stereocenters. The van der Waals surface area contributed by atoms with Crippen LogP contribution >= 0.6 is 11.3 Å². The van der Waals surface area contributed by atoms with E-state index in [0.29, 0.717) is 5.69 Å². The summed E-state index contributed by atoms with van der Waals surface area (Å²) in [6.07, 6.45) is 3.50. The van der Waals surface area contributed by atoms with E-state index in [2.05, 4.69) is 23.5 Å². The molecule has 3 N–H and O–H groups in total. The predicted molar refractivity (Wildman–Crippen MR) is 107 cm³/mol. The molecule has 4 nitrogen and oxygen atoms in total. The van der Waals surface area contributed by atoms with Crippen molar-refractivity contribution in [1.29, 1.82) is 0 Å². The molecule has 2 amide bonds. The van der Waals surface area contributed by atoms with Gasteiger partial charge in [-0.05, 0) is 41.5 Å². The molecule has 0 fully saturated rings. The summed E-state index contributed by atoms with van der Waals surface area (Å²) in [7, 11) is 0. The van der Waals surface area contributed by atoms with Gasteiger partial charge in [0, 0.05) is 21.5 Å². The summed E-state index contributed by atoms with van der Waals surface area (Å²) in [5.74, 6) is -0.585. The maximum Gasteiger partial charge on any atom is 0.248 e. The second-order valence-corrected chi connectivity index (χ2v) is 6.85. The average Bonchev–Trinajstić information content (AvgIpc) is 3.11. The first-order chi connectivity index (χ1) is 12.6. The van der Waals surface area contributed by atoms with Crippen LogP contribution in [0.4, 0.5) is 5.69 Å².